The maximum atomic E-state index is 9.45. The average Bonchev–Trinajstić information content (AvgIpc) is 2.85. The van der Waals surface area contributed by atoms with E-state index in [-0.39, 0.29) is 12.6 Å². The molecule has 2 N–H and O–H groups in total. The fourth-order valence-corrected chi connectivity index (χ4v) is 2.89. The number of thiophene rings is 1. The Morgan fingerprint density at radius 2 is 2.11 bits per heavy atom. The molecule has 0 bridgehead atoms. The molecule has 0 aliphatic rings. The van der Waals surface area contributed by atoms with E-state index in [9.17, 15) is 5.11 Å². The van der Waals surface area contributed by atoms with Gasteiger partial charge in [0.05, 0.1) is 12.6 Å². The lowest BCUT2D eigenvalue weighted by molar-refractivity contribution is 0.244. The molecule has 0 amide bonds. The molecule has 1 aromatic carbocycles. The lowest BCUT2D eigenvalue weighted by Crippen LogP contribution is -2.23. The molecule has 1 atom stereocenters. The third-order valence-electron chi connectivity index (χ3n) is 2.62. The molecule has 0 saturated carbocycles. The lowest BCUT2D eigenvalue weighted by Gasteiger charge is -2.17. The molecule has 0 fully saturated rings. The van der Waals surface area contributed by atoms with Gasteiger partial charge in [-0.2, -0.15) is 0 Å². The van der Waals surface area contributed by atoms with Crippen molar-refractivity contribution in [1.82, 2.24) is 5.32 Å². The number of halogens is 2. The first-order chi connectivity index (χ1) is 8.70. The van der Waals surface area contributed by atoms with E-state index in [0.717, 1.165) is 5.56 Å². The van der Waals surface area contributed by atoms with Gasteiger partial charge >= 0.3 is 0 Å². The fourth-order valence-electron chi connectivity index (χ4n) is 1.69. The lowest BCUT2D eigenvalue weighted by atomic mass is 10.1. The zero-order valence-electron chi connectivity index (χ0n) is 9.57. The summed E-state index contributed by atoms with van der Waals surface area (Å²) in [6, 6.07) is 9.18. The van der Waals surface area contributed by atoms with E-state index in [1.54, 1.807) is 23.5 Å². The molecule has 0 radical (unpaired) electrons. The van der Waals surface area contributed by atoms with E-state index in [0.29, 0.717) is 16.6 Å². The molecule has 0 aliphatic heterocycles. The van der Waals surface area contributed by atoms with Gasteiger partial charge in [0, 0.05) is 21.5 Å². The highest BCUT2D eigenvalue weighted by atomic mass is 35.5. The van der Waals surface area contributed by atoms with Gasteiger partial charge in [-0.15, -0.1) is 11.3 Å². The van der Waals surface area contributed by atoms with E-state index >= 15 is 0 Å². The van der Waals surface area contributed by atoms with Crippen LogP contribution in [0, 0.1) is 0 Å². The van der Waals surface area contributed by atoms with E-state index in [1.807, 2.05) is 17.5 Å². The zero-order chi connectivity index (χ0) is 13.0. The van der Waals surface area contributed by atoms with Crippen LogP contribution in [0.25, 0.3) is 0 Å². The van der Waals surface area contributed by atoms with Gasteiger partial charge in [0.1, 0.15) is 0 Å². The molecule has 1 heterocycles. The smallest absolute Gasteiger partial charge is 0.0627 e. The van der Waals surface area contributed by atoms with Crippen LogP contribution < -0.4 is 5.32 Å². The quantitative estimate of drug-likeness (QED) is 0.878. The van der Waals surface area contributed by atoms with Gasteiger partial charge in [0.2, 0.25) is 0 Å². The second-order valence-electron chi connectivity index (χ2n) is 3.86. The zero-order valence-corrected chi connectivity index (χ0v) is 11.9. The highest BCUT2D eigenvalue weighted by Gasteiger charge is 2.13. The standard InChI is InChI=1S/C13H13Cl2NOS/c14-9-3-4-11(12(15)6-9)13(8-17)16-7-10-2-1-5-18-10/h1-6,13,16-17H,7-8H2. The summed E-state index contributed by atoms with van der Waals surface area (Å²) < 4.78 is 0. The van der Waals surface area contributed by atoms with Gasteiger partial charge in [0.25, 0.3) is 0 Å². The summed E-state index contributed by atoms with van der Waals surface area (Å²) in [5.41, 5.74) is 0.861. The normalized spacial score (nSPS) is 12.6. The molecule has 2 nitrogen and oxygen atoms in total. The third kappa shape index (κ3) is 3.46. The number of hydrogen-bond donors (Lipinski definition) is 2. The van der Waals surface area contributed by atoms with Crippen LogP contribution in [-0.2, 0) is 6.54 Å². The van der Waals surface area contributed by atoms with Gasteiger partial charge in [-0.25, -0.2) is 0 Å². The Hall–Kier alpha value is -0.580. The highest BCUT2D eigenvalue weighted by Crippen LogP contribution is 2.26. The van der Waals surface area contributed by atoms with E-state index in [1.165, 1.54) is 4.88 Å². The molecule has 5 heteroatoms. The summed E-state index contributed by atoms with van der Waals surface area (Å²) in [6.07, 6.45) is 0. The monoisotopic (exact) mass is 301 g/mol. The topological polar surface area (TPSA) is 32.3 Å². The van der Waals surface area contributed by atoms with Crippen molar-refractivity contribution < 1.29 is 5.11 Å². The summed E-state index contributed by atoms with van der Waals surface area (Å²) in [5.74, 6) is 0. The Labute approximate surface area is 120 Å². The van der Waals surface area contributed by atoms with Crippen molar-refractivity contribution in [2.24, 2.45) is 0 Å². The summed E-state index contributed by atoms with van der Waals surface area (Å²) in [5, 5.41) is 15.9. The van der Waals surface area contributed by atoms with E-state index in [4.69, 9.17) is 23.2 Å². The van der Waals surface area contributed by atoms with Crippen LogP contribution in [0.3, 0.4) is 0 Å². The minimum Gasteiger partial charge on any atom is -0.394 e. The molecule has 0 aliphatic carbocycles. The number of rotatable bonds is 5. The predicted molar refractivity (Wildman–Crippen MR) is 77.4 cm³/mol. The Balaban J connectivity index is 2.08. The summed E-state index contributed by atoms with van der Waals surface area (Å²) >= 11 is 13.7. The number of hydrogen-bond acceptors (Lipinski definition) is 3. The Bertz CT molecular complexity index is 502. The van der Waals surface area contributed by atoms with Crippen molar-refractivity contribution >= 4 is 34.5 Å². The molecular weight excluding hydrogens is 289 g/mol. The number of nitrogens with one attached hydrogen (secondary N) is 1. The first kappa shape index (κ1) is 13.8. The second kappa shape index (κ2) is 6.55. The van der Waals surface area contributed by atoms with Crippen LogP contribution in [-0.4, -0.2) is 11.7 Å². The minimum absolute atomic E-state index is 0.00721. The molecular formula is C13H13Cl2NOS. The molecule has 2 aromatic rings. The van der Waals surface area contributed by atoms with Crippen LogP contribution in [0.4, 0.5) is 0 Å². The summed E-state index contributed by atoms with van der Waals surface area (Å²) in [7, 11) is 0. The summed E-state index contributed by atoms with van der Waals surface area (Å²) in [4.78, 5) is 1.22. The molecule has 1 unspecified atom stereocenters. The van der Waals surface area contributed by atoms with Crippen LogP contribution >= 0.6 is 34.5 Å². The molecule has 18 heavy (non-hydrogen) atoms. The Morgan fingerprint density at radius 3 is 2.72 bits per heavy atom. The van der Waals surface area contributed by atoms with Crippen LogP contribution in [0.2, 0.25) is 10.0 Å². The van der Waals surface area contributed by atoms with Crippen LogP contribution in [0.1, 0.15) is 16.5 Å². The number of aliphatic hydroxyl groups is 1. The molecule has 1 aromatic heterocycles. The number of benzene rings is 1. The maximum Gasteiger partial charge on any atom is 0.0627 e. The van der Waals surface area contributed by atoms with Gasteiger partial charge < -0.3 is 10.4 Å². The van der Waals surface area contributed by atoms with Gasteiger partial charge in [-0.1, -0.05) is 35.3 Å². The summed E-state index contributed by atoms with van der Waals surface area (Å²) in [6.45, 7) is 0.703. The molecule has 96 valence electrons. The predicted octanol–water partition coefficient (Wildman–Crippen LogP) is 3.88. The highest BCUT2D eigenvalue weighted by molar-refractivity contribution is 7.09. The minimum atomic E-state index is -0.183. The van der Waals surface area contributed by atoms with E-state index in [2.05, 4.69) is 11.4 Å². The van der Waals surface area contributed by atoms with Crippen molar-refractivity contribution in [3.8, 4) is 0 Å². The van der Waals surface area contributed by atoms with Crippen molar-refractivity contribution in [2.45, 2.75) is 12.6 Å². The molecule has 2 rings (SSSR count). The maximum absolute atomic E-state index is 9.45. The third-order valence-corrected chi connectivity index (χ3v) is 4.06. The second-order valence-corrected chi connectivity index (χ2v) is 5.74. The van der Waals surface area contributed by atoms with Crippen molar-refractivity contribution in [1.29, 1.82) is 0 Å². The SMILES string of the molecule is OCC(NCc1cccs1)c1ccc(Cl)cc1Cl. The Kier molecular flexibility index (Phi) is 5.03. The Morgan fingerprint density at radius 1 is 1.28 bits per heavy atom. The average molecular weight is 302 g/mol. The van der Waals surface area contributed by atoms with Crippen LogP contribution in [0.15, 0.2) is 35.7 Å². The van der Waals surface area contributed by atoms with Crippen molar-refractivity contribution in [2.75, 3.05) is 6.61 Å². The first-order valence-electron chi connectivity index (χ1n) is 5.52. The first-order valence-corrected chi connectivity index (χ1v) is 7.16. The fraction of sp³-hybridized carbons (Fsp3) is 0.231. The van der Waals surface area contributed by atoms with Crippen LogP contribution in [0.5, 0.6) is 0 Å². The molecule has 0 spiro atoms. The number of aliphatic hydroxyl groups excluding tert-OH is 1. The van der Waals surface area contributed by atoms with Gasteiger partial charge in [-0.3, -0.25) is 0 Å². The van der Waals surface area contributed by atoms with Gasteiger partial charge in [0.15, 0.2) is 0 Å². The largest absolute Gasteiger partial charge is 0.394 e. The van der Waals surface area contributed by atoms with Crippen molar-refractivity contribution in [3.05, 3.63) is 56.2 Å². The van der Waals surface area contributed by atoms with Crippen molar-refractivity contribution in [3.63, 3.8) is 0 Å². The van der Waals surface area contributed by atoms with E-state index < -0.39 is 0 Å². The molecule has 0 saturated heterocycles. The van der Waals surface area contributed by atoms with Gasteiger partial charge in [-0.05, 0) is 29.1 Å².